The lowest BCUT2D eigenvalue weighted by Gasteiger charge is -2.44. The van der Waals surface area contributed by atoms with Gasteiger partial charge < -0.3 is 4.90 Å². The Balaban J connectivity index is 1.77. The molecule has 0 atom stereocenters. The molecular weight excluding hydrogens is 294 g/mol. The molecule has 24 heavy (non-hydrogen) atoms. The van der Waals surface area contributed by atoms with Crippen LogP contribution in [0.15, 0.2) is 54.7 Å². The molecule has 4 rings (SSSR count). The van der Waals surface area contributed by atoms with Gasteiger partial charge in [0.2, 0.25) is 0 Å². The summed E-state index contributed by atoms with van der Waals surface area (Å²) in [5.74, 6) is 0. The number of nitrogens with zero attached hydrogens (tertiary/aromatic N) is 3. The van der Waals surface area contributed by atoms with E-state index in [1.807, 2.05) is 24.4 Å². The Kier molecular flexibility index (Phi) is 3.81. The monoisotopic (exact) mass is 316 g/mol. The molecule has 3 heteroatoms. The van der Waals surface area contributed by atoms with E-state index in [0.29, 0.717) is 0 Å². The van der Waals surface area contributed by atoms with Crippen molar-refractivity contribution >= 4 is 10.9 Å². The lowest BCUT2D eigenvalue weighted by atomic mass is 9.64. The van der Waals surface area contributed by atoms with Crippen LogP contribution in [0.4, 0.5) is 0 Å². The first-order valence-corrected chi connectivity index (χ1v) is 8.45. The Hall–Kier alpha value is -2.26. The van der Waals surface area contributed by atoms with Crippen LogP contribution in [0, 0.1) is 6.42 Å². The van der Waals surface area contributed by atoms with Crippen LogP contribution in [-0.2, 0) is 5.41 Å². The van der Waals surface area contributed by atoms with E-state index in [1.54, 1.807) is 0 Å². The predicted octanol–water partition coefficient (Wildman–Crippen LogP) is 4.09. The van der Waals surface area contributed by atoms with E-state index in [9.17, 15) is 0 Å². The van der Waals surface area contributed by atoms with Crippen molar-refractivity contribution in [2.24, 2.45) is 0 Å². The first-order valence-electron chi connectivity index (χ1n) is 8.45. The highest BCUT2D eigenvalue weighted by atomic mass is 15.1. The smallest absolute Gasteiger partial charge is 0.0893 e. The number of pyridine rings is 2. The van der Waals surface area contributed by atoms with Crippen molar-refractivity contribution in [3.8, 4) is 11.4 Å². The highest BCUT2D eigenvalue weighted by Crippen LogP contribution is 2.44. The lowest BCUT2D eigenvalue weighted by Crippen LogP contribution is -2.43. The highest BCUT2D eigenvalue weighted by molar-refractivity contribution is 5.82. The third kappa shape index (κ3) is 2.69. The first kappa shape index (κ1) is 15.3. The Labute approximate surface area is 143 Å². The van der Waals surface area contributed by atoms with Crippen molar-refractivity contribution < 1.29 is 0 Å². The van der Waals surface area contributed by atoms with Gasteiger partial charge in [0, 0.05) is 23.5 Å². The van der Waals surface area contributed by atoms with Gasteiger partial charge in [0.25, 0.3) is 0 Å². The molecule has 1 aliphatic carbocycles. The largest absolute Gasteiger partial charge is 0.309 e. The van der Waals surface area contributed by atoms with Crippen LogP contribution >= 0.6 is 0 Å². The molecule has 0 N–H and O–H groups in total. The molecule has 0 amide bonds. The van der Waals surface area contributed by atoms with Crippen LogP contribution in [0.5, 0.6) is 0 Å². The molecule has 2 heterocycles. The number of benzene rings is 1. The summed E-state index contributed by atoms with van der Waals surface area (Å²) in [6.45, 7) is 1.08. The fraction of sp³-hybridized carbons (Fsp3) is 0.286. The predicted molar refractivity (Wildman–Crippen MR) is 98.7 cm³/mol. The van der Waals surface area contributed by atoms with E-state index in [1.165, 1.54) is 10.9 Å². The molecule has 3 nitrogen and oxygen atoms in total. The fourth-order valence-electron chi connectivity index (χ4n) is 3.66. The third-order valence-electron chi connectivity index (χ3n) is 4.92. The van der Waals surface area contributed by atoms with Gasteiger partial charge in [0.1, 0.15) is 0 Å². The molecule has 121 valence electrons. The van der Waals surface area contributed by atoms with Crippen molar-refractivity contribution in [1.82, 2.24) is 14.9 Å². The Bertz CT molecular complexity index is 851. The molecule has 1 aliphatic rings. The van der Waals surface area contributed by atoms with Crippen LogP contribution in [-0.4, -0.2) is 35.5 Å². The van der Waals surface area contributed by atoms with Gasteiger partial charge in [0.15, 0.2) is 0 Å². The van der Waals surface area contributed by atoms with E-state index >= 15 is 0 Å². The molecule has 1 fully saturated rings. The highest BCUT2D eigenvalue weighted by Gasteiger charge is 2.39. The van der Waals surface area contributed by atoms with E-state index < -0.39 is 0 Å². The topological polar surface area (TPSA) is 29.0 Å². The number of hydrogen-bond acceptors (Lipinski definition) is 3. The average Bonchev–Trinajstić information content (AvgIpc) is 2.58. The van der Waals surface area contributed by atoms with Gasteiger partial charge in [-0.3, -0.25) is 4.98 Å². The van der Waals surface area contributed by atoms with Crippen LogP contribution in [0.25, 0.3) is 22.3 Å². The minimum atomic E-state index is 0.250. The van der Waals surface area contributed by atoms with Crippen molar-refractivity contribution in [3.05, 3.63) is 66.7 Å². The van der Waals surface area contributed by atoms with Gasteiger partial charge in [-0.2, -0.15) is 0 Å². The van der Waals surface area contributed by atoms with Crippen molar-refractivity contribution in [2.75, 3.05) is 20.6 Å². The number of rotatable bonds is 4. The summed E-state index contributed by atoms with van der Waals surface area (Å²) in [4.78, 5) is 11.6. The summed E-state index contributed by atoms with van der Waals surface area (Å²) in [6.07, 6.45) is 6.49. The van der Waals surface area contributed by atoms with Gasteiger partial charge in [-0.05, 0) is 63.2 Å². The maximum absolute atomic E-state index is 4.87. The second-order valence-electron chi connectivity index (χ2n) is 7.03. The standard InChI is InChI=1S/C21H22N3/c1-24(2)15-21(11-5-12-21)17-9-7-16-8-10-19(23-20(16)14-17)18-6-3-4-13-22-18/h3-10,13-14H,11-12,15H2,1-2H3. The molecular formula is C21H22N3. The fourth-order valence-corrected chi connectivity index (χ4v) is 3.66. The van der Waals surface area contributed by atoms with Crippen molar-refractivity contribution in [2.45, 2.75) is 18.3 Å². The van der Waals surface area contributed by atoms with E-state index in [0.717, 1.165) is 36.3 Å². The van der Waals surface area contributed by atoms with E-state index in [2.05, 4.69) is 60.7 Å². The zero-order valence-corrected chi connectivity index (χ0v) is 14.2. The summed E-state index contributed by atoms with van der Waals surface area (Å²) in [5, 5.41) is 1.18. The third-order valence-corrected chi connectivity index (χ3v) is 4.92. The molecule has 3 aromatic rings. The quantitative estimate of drug-likeness (QED) is 0.726. The molecule has 2 aromatic heterocycles. The minimum Gasteiger partial charge on any atom is -0.309 e. The van der Waals surface area contributed by atoms with Gasteiger partial charge >= 0.3 is 0 Å². The number of likely N-dealkylation sites (N-methyl/N-ethyl adjacent to an activating group) is 1. The zero-order chi connectivity index (χ0) is 16.6. The number of fused-ring (bicyclic) bond motifs is 1. The van der Waals surface area contributed by atoms with Gasteiger partial charge in [-0.15, -0.1) is 0 Å². The summed E-state index contributed by atoms with van der Waals surface area (Å²) in [7, 11) is 4.30. The SMILES string of the molecule is CN(C)CC1(c2ccc3ccc(-c4ccccn4)nc3c2)C[CH]C1. The van der Waals surface area contributed by atoms with Crippen molar-refractivity contribution in [3.63, 3.8) is 0 Å². The molecule has 0 bridgehead atoms. The molecule has 1 radical (unpaired) electrons. The second kappa shape index (κ2) is 5.99. The summed E-state index contributed by atoms with van der Waals surface area (Å²) in [6, 6.07) is 16.9. The molecule has 1 aromatic carbocycles. The van der Waals surface area contributed by atoms with Crippen molar-refractivity contribution in [1.29, 1.82) is 0 Å². The van der Waals surface area contributed by atoms with Crippen LogP contribution < -0.4 is 0 Å². The molecule has 0 spiro atoms. The minimum absolute atomic E-state index is 0.250. The molecule has 0 aliphatic heterocycles. The van der Waals surface area contributed by atoms with Crippen LogP contribution in [0.1, 0.15) is 18.4 Å². The summed E-state index contributed by atoms with van der Waals surface area (Å²) >= 11 is 0. The second-order valence-corrected chi connectivity index (χ2v) is 7.03. The Morgan fingerprint density at radius 3 is 2.50 bits per heavy atom. The summed E-state index contributed by atoms with van der Waals surface area (Å²) < 4.78 is 0. The number of hydrogen-bond donors (Lipinski definition) is 0. The van der Waals surface area contributed by atoms with Gasteiger partial charge in [-0.25, -0.2) is 4.98 Å². The maximum atomic E-state index is 4.87. The summed E-state index contributed by atoms with van der Waals surface area (Å²) in [5.41, 5.74) is 4.56. The lowest BCUT2D eigenvalue weighted by molar-refractivity contribution is 0.226. The van der Waals surface area contributed by atoms with Crippen LogP contribution in [0.2, 0.25) is 0 Å². The average molecular weight is 316 g/mol. The molecule has 0 unspecified atom stereocenters. The normalized spacial score (nSPS) is 16.3. The molecule has 1 saturated carbocycles. The van der Waals surface area contributed by atoms with Gasteiger partial charge in [0.05, 0.1) is 16.9 Å². The zero-order valence-electron chi connectivity index (χ0n) is 14.2. The van der Waals surface area contributed by atoms with Crippen LogP contribution in [0.3, 0.4) is 0 Å². The maximum Gasteiger partial charge on any atom is 0.0893 e. The first-order chi connectivity index (χ1) is 11.7. The molecule has 0 saturated heterocycles. The van der Waals surface area contributed by atoms with Gasteiger partial charge in [-0.1, -0.05) is 24.3 Å². The van der Waals surface area contributed by atoms with E-state index in [-0.39, 0.29) is 5.41 Å². The Morgan fingerprint density at radius 1 is 1.00 bits per heavy atom. The number of aromatic nitrogens is 2. The van der Waals surface area contributed by atoms with E-state index in [4.69, 9.17) is 4.98 Å². The Morgan fingerprint density at radius 2 is 1.83 bits per heavy atom.